The molecule has 3 aliphatic heterocycles. The lowest BCUT2D eigenvalue weighted by Gasteiger charge is -2.32. The molecule has 0 aromatic rings. The Morgan fingerprint density at radius 1 is 1.22 bits per heavy atom. The first kappa shape index (κ1) is 20.0. The van der Waals surface area contributed by atoms with E-state index in [9.17, 15) is 19.5 Å². The van der Waals surface area contributed by atoms with E-state index >= 15 is 0 Å². The number of nitrogens with zero attached hydrogens (tertiary/aromatic N) is 1. The van der Waals surface area contributed by atoms with Gasteiger partial charge in [0.05, 0.1) is 6.10 Å². The van der Waals surface area contributed by atoms with Gasteiger partial charge in [0.15, 0.2) is 17.3 Å². The number of carbonyl (C=O) groups is 3. The minimum Gasteiger partial charge on any atom is -0.459 e. The van der Waals surface area contributed by atoms with Crippen LogP contribution in [0.5, 0.6) is 0 Å². The molecule has 8 nitrogen and oxygen atoms in total. The Morgan fingerprint density at radius 3 is 2.52 bits per heavy atom. The molecule has 8 heteroatoms. The number of aliphatic hydroxyl groups is 1. The van der Waals surface area contributed by atoms with E-state index in [2.05, 4.69) is 0 Å². The average molecular weight is 381 g/mol. The molecule has 1 spiro atoms. The highest BCUT2D eigenvalue weighted by atomic mass is 16.7. The molecule has 0 aromatic carbocycles. The van der Waals surface area contributed by atoms with Gasteiger partial charge in [-0.1, -0.05) is 13.0 Å². The number of hydrogen-bond donors (Lipinski definition) is 1. The van der Waals surface area contributed by atoms with E-state index in [1.165, 1.54) is 6.92 Å². The number of fused-ring (bicyclic) bond motifs is 2. The van der Waals surface area contributed by atoms with Crippen molar-refractivity contribution in [2.45, 2.75) is 57.0 Å². The van der Waals surface area contributed by atoms with Crippen molar-refractivity contribution in [3.63, 3.8) is 0 Å². The van der Waals surface area contributed by atoms with E-state index in [0.717, 1.165) is 0 Å². The maximum atomic E-state index is 12.9. The van der Waals surface area contributed by atoms with Crippen molar-refractivity contribution < 1.29 is 33.7 Å². The van der Waals surface area contributed by atoms with Gasteiger partial charge in [0.25, 0.3) is 0 Å². The highest BCUT2D eigenvalue weighted by Crippen LogP contribution is 2.45. The summed E-state index contributed by atoms with van der Waals surface area (Å²) in [5, 5.41) is 10.7. The maximum absolute atomic E-state index is 12.9. The molecular weight excluding hydrogens is 354 g/mol. The second-order valence-corrected chi connectivity index (χ2v) is 8.02. The zero-order valence-corrected chi connectivity index (χ0v) is 16.2. The number of ketones is 1. The molecule has 3 aliphatic rings. The Hall–Kier alpha value is -1.77. The van der Waals surface area contributed by atoms with E-state index < -0.39 is 41.3 Å². The molecule has 3 heterocycles. The van der Waals surface area contributed by atoms with Crippen molar-refractivity contribution in [3.8, 4) is 0 Å². The van der Waals surface area contributed by atoms with Crippen LogP contribution in [-0.4, -0.2) is 77.9 Å². The molecule has 27 heavy (non-hydrogen) atoms. The third-order valence-corrected chi connectivity index (χ3v) is 5.95. The van der Waals surface area contributed by atoms with Gasteiger partial charge in [-0.2, -0.15) is 0 Å². The fourth-order valence-corrected chi connectivity index (χ4v) is 3.54. The first-order valence-electron chi connectivity index (χ1n) is 9.28. The monoisotopic (exact) mass is 381 g/mol. The predicted octanol–water partition coefficient (Wildman–Crippen LogP) is 0.221. The first-order valence-corrected chi connectivity index (χ1v) is 9.28. The second kappa shape index (κ2) is 7.00. The number of likely N-dealkylation sites (N-methyl/N-ethyl adjacent to an activating group) is 1. The molecule has 3 rings (SSSR count). The molecular formula is C19H27NO7. The van der Waals surface area contributed by atoms with Crippen LogP contribution in [0, 0.1) is 5.92 Å². The fraction of sp³-hybridized carbons (Fsp3) is 0.737. The number of epoxide rings is 1. The lowest BCUT2D eigenvalue weighted by Crippen LogP contribution is -2.48. The van der Waals surface area contributed by atoms with Crippen molar-refractivity contribution in [3.05, 3.63) is 11.6 Å². The predicted molar refractivity (Wildman–Crippen MR) is 93.7 cm³/mol. The van der Waals surface area contributed by atoms with Crippen LogP contribution in [0.1, 0.15) is 33.6 Å². The summed E-state index contributed by atoms with van der Waals surface area (Å²) in [5.41, 5.74) is -2.81. The van der Waals surface area contributed by atoms with Gasteiger partial charge in [0.2, 0.25) is 5.78 Å². The standard InChI is InChI=1S/C19H27NO7/c1-11-9-19(12(2)27-19)17(23)26-14-6-8-20(4)7-5-13(15(14)21)10-25-16(22)18(11,3)24/h5,11-12,14,24H,6-10H2,1-4H3/b13-5-/t11-,12+,14+,18?,19+/m0/s1. The second-order valence-electron chi connectivity index (χ2n) is 8.02. The number of ether oxygens (including phenoxy) is 3. The van der Waals surface area contributed by atoms with Crippen LogP contribution in [0.15, 0.2) is 11.6 Å². The van der Waals surface area contributed by atoms with Gasteiger partial charge in [-0.05, 0) is 33.2 Å². The van der Waals surface area contributed by atoms with Crippen molar-refractivity contribution in [2.24, 2.45) is 5.92 Å². The zero-order valence-electron chi connectivity index (χ0n) is 16.2. The normalized spacial score (nSPS) is 43.4. The van der Waals surface area contributed by atoms with Crippen molar-refractivity contribution in [1.82, 2.24) is 4.90 Å². The third kappa shape index (κ3) is 3.66. The van der Waals surface area contributed by atoms with E-state index in [0.29, 0.717) is 19.5 Å². The molecule has 2 saturated heterocycles. The molecule has 0 amide bonds. The van der Waals surface area contributed by atoms with Gasteiger partial charge in [-0.25, -0.2) is 9.59 Å². The number of carbonyl (C=O) groups excluding carboxylic acids is 3. The Morgan fingerprint density at radius 2 is 1.89 bits per heavy atom. The molecule has 1 N–H and O–H groups in total. The van der Waals surface area contributed by atoms with Crippen LogP contribution < -0.4 is 0 Å². The van der Waals surface area contributed by atoms with Crippen LogP contribution in [0.3, 0.4) is 0 Å². The summed E-state index contributed by atoms with van der Waals surface area (Å²) in [5.74, 6) is -2.43. The molecule has 2 fully saturated rings. The van der Waals surface area contributed by atoms with E-state index in [-0.39, 0.29) is 24.4 Å². The van der Waals surface area contributed by atoms with Crippen molar-refractivity contribution in [1.29, 1.82) is 0 Å². The minimum absolute atomic E-state index is 0.0958. The number of rotatable bonds is 0. The molecule has 0 radical (unpaired) electrons. The van der Waals surface area contributed by atoms with Crippen molar-refractivity contribution in [2.75, 3.05) is 26.7 Å². The highest BCUT2D eigenvalue weighted by Gasteiger charge is 2.63. The zero-order chi connectivity index (χ0) is 20.0. The van der Waals surface area contributed by atoms with Crippen LogP contribution in [0.25, 0.3) is 0 Å². The Kier molecular flexibility index (Phi) is 5.18. The summed E-state index contributed by atoms with van der Waals surface area (Å²) >= 11 is 0. The summed E-state index contributed by atoms with van der Waals surface area (Å²) in [4.78, 5) is 40.2. The number of cyclic esters (lactones) is 1. The van der Waals surface area contributed by atoms with Gasteiger partial charge < -0.3 is 24.2 Å². The molecule has 2 bridgehead atoms. The Labute approximate surface area is 158 Å². The molecule has 0 aliphatic carbocycles. The largest absolute Gasteiger partial charge is 0.459 e. The van der Waals surface area contributed by atoms with Gasteiger partial charge in [0.1, 0.15) is 6.61 Å². The summed E-state index contributed by atoms with van der Waals surface area (Å²) in [6.45, 7) is 5.57. The fourth-order valence-electron chi connectivity index (χ4n) is 3.54. The molecule has 5 atom stereocenters. The first-order chi connectivity index (χ1) is 12.6. The quantitative estimate of drug-likeness (QED) is 0.469. The molecule has 0 aromatic heterocycles. The van der Waals surface area contributed by atoms with Gasteiger partial charge in [-0.3, -0.25) is 4.79 Å². The van der Waals surface area contributed by atoms with Crippen LogP contribution in [-0.2, 0) is 28.6 Å². The topological polar surface area (TPSA) is 106 Å². The van der Waals surface area contributed by atoms with Gasteiger partial charge in [-0.15, -0.1) is 0 Å². The van der Waals surface area contributed by atoms with Gasteiger partial charge >= 0.3 is 11.9 Å². The molecule has 0 saturated carbocycles. The average Bonchev–Trinajstić information content (AvgIpc) is 3.26. The van der Waals surface area contributed by atoms with Crippen LogP contribution in [0.4, 0.5) is 0 Å². The number of esters is 2. The molecule has 1 unspecified atom stereocenters. The maximum Gasteiger partial charge on any atom is 0.341 e. The molecule has 150 valence electrons. The van der Waals surface area contributed by atoms with Crippen LogP contribution in [0.2, 0.25) is 0 Å². The summed E-state index contributed by atoms with van der Waals surface area (Å²) in [7, 11) is 1.89. The number of hydrogen-bond acceptors (Lipinski definition) is 8. The van der Waals surface area contributed by atoms with E-state index in [1.807, 2.05) is 11.9 Å². The Balaban J connectivity index is 1.97. The summed E-state index contributed by atoms with van der Waals surface area (Å²) in [6, 6.07) is 0. The third-order valence-electron chi connectivity index (χ3n) is 5.95. The smallest absolute Gasteiger partial charge is 0.341 e. The summed E-state index contributed by atoms with van der Waals surface area (Å²) < 4.78 is 16.4. The van der Waals surface area contributed by atoms with E-state index in [4.69, 9.17) is 14.2 Å². The van der Waals surface area contributed by atoms with Crippen LogP contribution >= 0.6 is 0 Å². The lowest BCUT2D eigenvalue weighted by molar-refractivity contribution is -0.173. The highest BCUT2D eigenvalue weighted by molar-refractivity contribution is 6.01. The minimum atomic E-state index is -1.82. The van der Waals surface area contributed by atoms with Gasteiger partial charge in [0, 0.05) is 25.1 Å². The van der Waals surface area contributed by atoms with Crippen molar-refractivity contribution >= 4 is 17.7 Å². The lowest BCUT2D eigenvalue weighted by atomic mass is 9.82. The SMILES string of the molecule is C[C@H]1C[C@]2(O[C@@H]2C)C(=O)O[C@@H]2CCN(C)C/C=C(/COC(=O)C1(C)O)C2=O. The van der Waals surface area contributed by atoms with E-state index in [1.54, 1.807) is 19.9 Å². The summed E-state index contributed by atoms with van der Waals surface area (Å²) in [6.07, 6.45) is 0.756. The number of Topliss-reactive ketones (excluding diaryl/α,β-unsaturated/α-hetero) is 1. The Bertz CT molecular complexity index is 686.